The highest BCUT2D eigenvalue weighted by Gasteiger charge is 2.34. The maximum absolute atomic E-state index is 5.66. The van der Waals surface area contributed by atoms with Crippen LogP contribution in [0.4, 0.5) is 5.69 Å². The van der Waals surface area contributed by atoms with E-state index in [0.717, 1.165) is 11.8 Å². The first-order valence-electron chi connectivity index (χ1n) is 7.48. The fourth-order valence-corrected chi connectivity index (χ4v) is 2.81. The van der Waals surface area contributed by atoms with Gasteiger partial charge in [0, 0.05) is 30.9 Å². The third-order valence-corrected chi connectivity index (χ3v) is 3.88. The molecule has 2 fully saturated rings. The molecule has 1 aromatic carbocycles. The van der Waals surface area contributed by atoms with Crippen molar-refractivity contribution in [3.8, 4) is 5.75 Å². The van der Waals surface area contributed by atoms with E-state index in [1.807, 2.05) is 0 Å². The molecule has 1 saturated heterocycles. The number of anilines is 1. The summed E-state index contributed by atoms with van der Waals surface area (Å²) in [6.45, 7) is 6.57. The van der Waals surface area contributed by atoms with E-state index in [9.17, 15) is 0 Å². The first-order valence-corrected chi connectivity index (χ1v) is 7.48. The van der Waals surface area contributed by atoms with Crippen LogP contribution in [-0.2, 0) is 0 Å². The zero-order valence-electron chi connectivity index (χ0n) is 11.9. The Morgan fingerprint density at radius 3 is 2.53 bits per heavy atom. The van der Waals surface area contributed by atoms with Crippen LogP contribution in [0.2, 0.25) is 0 Å². The number of hydrogen-bond acceptors (Lipinski definition) is 3. The summed E-state index contributed by atoms with van der Waals surface area (Å²) in [6.07, 6.45) is 4.32. The quantitative estimate of drug-likeness (QED) is 0.880. The number of nitrogens with zero attached hydrogens (tertiary/aromatic N) is 1. The van der Waals surface area contributed by atoms with Crippen molar-refractivity contribution in [3.63, 3.8) is 0 Å². The second-order valence-corrected chi connectivity index (χ2v) is 6.05. The van der Waals surface area contributed by atoms with Crippen LogP contribution in [0, 0.1) is 0 Å². The summed E-state index contributed by atoms with van der Waals surface area (Å²) in [5, 5.41) is 3.64. The van der Waals surface area contributed by atoms with E-state index in [-0.39, 0.29) is 6.10 Å². The smallest absolute Gasteiger partial charge is 0.119 e. The molecule has 1 saturated carbocycles. The highest BCUT2D eigenvalue weighted by Crippen LogP contribution is 2.30. The zero-order chi connectivity index (χ0) is 13.2. The lowest BCUT2D eigenvalue weighted by Crippen LogP contribution is -2.27. The van der Waals surface area contributed by atoms with E-state index < -0.39 is 0 Å². The molecule has 1 aliphatic heterocycles. The molecule has 3 rings (SSSR count). The SMILES string of the molecule is CC(C)Oc1ccc(NC2CCN(C3CC3)C2)cc1. The lowest BCUT2D eigenvalue weighted by Gasteiger charge is -2.17. The summed E-state index contributed by atoms with van der Waals surface area (Å²) in [5.74, 6) is 0.951. The van der Waals surface area contributed by atoms with Gasteiger partial charge in [0.2, 0.25) is 0 Å². The number of likely N-dealkylation sites (tertiary alicyclic amines) is 1. The molecule has 19 heavy (non-hydrogen) atoms. The van der Waals surface area contributed by atoms with Crippen molar-refractivity contribution in [3.05, 3.63) is 24.3 Å². The minimum absolute atomic E-state index is 0.237. The fourth-order valence-electron chi connectivity index (χ4n) is 2.81. The van der Waals surface area contributed by atoms with Gasteiger partial charge < -0.3 is 10.1 Å². The summed E-state index contributed by atoms with van der Waals surface area (Å²) in [7, 11) is 0. The van der Waals surface area contributed by atoms with Crippen molar-refractivity contribution in [1.82, 2.24) is 4.90 Å². The Morgan fingerprint density at radius 1 is 1.16 bits per heavy atom. The van der Waals surface area contributed by atoms with Gasteiger partial charge in [0.15, 0.2) is 0 Å². The lowest BCUT2D eigenvalue weighted by molar-refractivity contribution is 0.242. The molecule has 0 spiro atoms. The van der Waals surface area contributed by atoms with E-state index in [4.69, 9.17) is 4.74 Å². The third-order valence-electron chi connectivity index (χ3n) is 3.88. The first-order chi connectivity index (χ1) is 9.20. The highest BCUT2D eigenvalue weighted by molar-refractivity contribution is 5.47. The van der Waals surface area contributed by atoms with Crippen LogP contribution in [0.3, 0.4) is 0 Å². The molecular formula is C16H24N2O. The van der Waals surface area contributed by atoms with Crippen LogP contribution in [-0.4, -0.2) is 36.2 Å². The second kappa shape index (κ2) is 5.41. The summed E-state index contributed by atoms with van der Waals surface area (Å²) in [4.78, 5) is 2.63. The number of rotatable bonds is 5. The molecule has 0 amide bonds. The van der Waals surface area contributed by atoms with Crippen LogP contribution in [0.15, 0.2) is 24.3 Å². The molecule has 1 aromatic rings. The molecule has 1 atom stereocenters. The zero-order valence-corrected chi connectivity index (χ0v) is 11.9. The number of benzene rings is 1. The van der Waals surface area contributed by atoms with Crippen molar-refractivity contribution < 1.29 is 4.74 Å². The van der Waals surface area contributed by atoms with Crippen molar-refractivity contribution >= 4 is 5.69 Å². The van der Waals surface area contributed by atoms with Gasteiger partial charge in [-0.15, -0.1) is 0 Å². The molecule has 0 radical (unpaired) electrons. The first kappa shape index (κ1) is 12.8. The summed E-state index contributed by atoms with van der Waals surface area (Å²) >= 11 is 0. The lowest BCUT2D eigenvalue weighted by atomic mass is 10.2. The van der Waals surface area contributed by atoms with Gasteiger partial charge in [-0.3, -0.25) is 4.90 Å². The van der Waals surface area contributed by atoms with Crippen molar-refractivity contribution in [2.75, 3.05) is 18.4 Å². The van der Waals surface area contributed by atoms with Crippen molar-refractivity contribution in [2.24, 2.45) is 0 Å². The van der Waals surface area contributed by atoms with Gasteiger partial charge in [-0.1, -0.05) is 0 Å². The Labute approximate surface area is 115 Å². The Balaban J connectivity index is 1.52. The molecule has 1 aliphatic carbocycles. The molecule has 1 N–H and O–H groups in total. The van der Waals surface area contributed by atoms with Crippen molar-refractivity contribution in [1.29, 1.82) is 0 Å². The van der Waals surface area contributed by atoms with E-state index in [1.54, 1.807) is 0 Å². The van der Waals surface area contributed by atoms with Gasteiger partial charge in [0.1, 0.15) is 5.75 Å². The van der Waals surface area contributed by atoms with Gasteiger partial charge in [0.25, 0.3) is 0 Å². The van der Waals surface area contributed by atoms with E-state index >= 15 is 0 Å². The van der Waals surface area contributed by atoms with Crippen LogP contribution >= 0.6 is 0 Å². The molecule has 1 unspecified atom stereocenters. The monoisotopic (exact) mass is 260 g/mol. The van der Waals surface area contributed by atoms with Crippen LogP contribution in [0.1, 0.15) is 33.1 Å². The molecule has 3 heteroatoms. The van der Waals surface area contributed by atoms with Crippen molar-refractivity contribution in [2.45, 2.75) is 51.3 Å². The van der Waals surface area contributed by atoms with Crippen LogP contribution < -0.4 is 10.1 Å². The topological polar surface area (TPSA) is 24.5 Å². The molecule has 0 bridgehead atoms. The Morgan fingerprint density at radius 2 is 1.89 bits per heavy atom. The summed E-state index contributed by atoms with van der Waals surface area (Å²) in [6, 6.07) is 9.85. The predicted molar refractivity (Wildman–Crippen MR) is 78.8 cm³/mol. The molecule has 3 nitrogen and oxygen atoms in total. The second-order valence-electron chi connectivity index (χ2n) is 6.05. The third kappa shape index (κ3) is 3.41. The van der Waals surface area contributed by atoms with Crippen LogP contribution in [0.5, 0.6) is 5.75 Å². The average molecular weight is 260 g/mol. The molecular weight excluding hydrogens is 236 g/mol. The van der Waals surface area contributed by atoms with Crippen LogP contribution in [0.25, 0.3) is 0 Å². The number of nitrogens with one attached hydrogen (secondary N) is 1. The normalized spacial score (nSPS) is 23.8. The summed E-state index contributed by atoms with van der Waals surface area (Å²) < 4.78 is 5.66. The Kier molecular flexibility index (Phi) is 3.65. The van der Waals surface area contributed by atoms with Gasteiger partial charge in [-0.25, -0.2) is 0 Å². The standard InChI is InChI=1S/C16H24N2O/c1-12(2)19-16-7-3-13(4-8-16)17-14-9-10-18(11-14)15-5-6-15/h3-4,7-8,12,14-15,17H,5-6,9-11H2,1-2H3. The summed E-state index contributed by atoms with van der Waals surface area (Å²) in [5.41, 5.74) is 1.21. The predicted octanol–water partition coefficient (Wildman–Crippen LogP) is 3.12. The van der Waals surface area contributed by atoms with Gasteiger partial charge in [-0.2, -0.15) is 0 Å². The van der Waals surface area contributed by atoms with Gasteiger partial charge >= 0.3 is 0 Å². The number of ether oxygens (including phenoxy) is 1. The Hall–Kier alpha value is -1.22. The molecule has 1 heterocycles. The fraction of sp³-hybridized carbons (Fsp3) is 0.625. The van der Waals surface area contributed by atoms with Gasteiger partial charge in [-0.05, 0) is 57.4 Å². The van der Waals surface area contributed by atoms with E-state index in [1.165, 1.54) is 38.0 Å². The minimum atomic E-state index is 0.237. The van der Waals surface area contributed by atoms with E-state index in [0.29, 0.717) is 6.04 Å². The maximum Gasteiger partial charge on any atom is 0.119 e. The molecule has 104 valence electrons. The molecule has 0 aromatic heterocycles. The van der Waals surface area contributed by atoms with Gasteiger partial charge in [0.05, 0.1) is 6.10 Å². The largest absolute Gasteiger partial charge is 0.491 e. The molecule has 2 aliphatic rings. The number of hydrogen-bond donors (Lipinski definition) is 1. The van der Waals surface area contributed by atoms with E-state index in [2.05, 4.69) is 48.3 Å². The maximum atomic E-state index is 5.66. The highest BCUT2D eigenvalue weighted by atomic mass is 16.5. The Bertz CT molecular complexity index is 411. The minimum Gasteiger partial charge on any atom is -0.491 e. The average Bonchev–Trinajstić information content (AvgIpc) is 3.12.